The Morgan fingerprint density at radius 3 is 2.33 bits per heavy atom. The van der Waals surface area contributed by atoms with Crippen molar-refractivity contribution in [3.05, 3.63) is 54.1 Å². The van der Waals surface area contributed by atoms with Gasteiger partial charge < -0.3 is 0 Å². The Morgan fingerprint density at radius 1 is 1.06 bits per heavy atom. The number of hydrogen-bond donors (Lipinski definition) is 0. The first-order chi connectivity index (χ1) is 8.52. The molecule has 0 amide bonds. The molecule has 18 heavy (non-hydrogen) atoms. The second-order valence-corrected chi connectivity index (χ2v) is 6.16. The van der Waals surface area contributed by atoms with Crippen LogP contribution in [0.2, 0.25) is 0 Å². The van der Waals surface area contributed by atoms with Crippen molar-refractivity contribution in [2.75, 3.05) is 0 Å². The van der Waals surface area contributed by atoms with E-state index in [2.05, 4.69) is 32.1 Å². The molecule has 1 spiro atoms. The molecule has 3 rings (SSSR count). The molecule has 1 heteroatoms. The van der Waals surface area contributed by atoms with Gasteiger partial charge in [-0.15, -0.1) is 0 Å². The average Bonchev–Trinajstić information content (AvgIpc) is 2.92. The van der Waals surface area contributed by atoms with Crippen LogP contribution in [-0.4, -0.2) is 5.78 Å². The second-order valence-electron chi connectivity index (χ2n) is 6.16. The zero-order chi connectivity index (χ0) is 12.8. The zero-order valence-electron chi connectivity index (χ0n) is 10.9. The SMILES string of the molecule is CC1(C)CC12C=C(c1ccccc1)C=CC(=O)C2. The Balaban J connectivity index is 2.05. The van der Waals surface area contributed by atoms with Crippen molar-refractivity contribution in [1.82, 2.24) is 0 Å². The van der Waals surface area contributed by atoms with Crippen LogP contribution in [0.1, 0.15) is 32.3 Å². The van der Waals surface area contributed by atoms with Crippen molar-refractivity contribution in [3.8, 4) is 0 Å². The summed E-state index contributed by atoms with van der Waals surface area (Å²) < 4.78 is 0. The molecule has 1 nitrogen and oxygen atoms in total. The molecule has 92 valence electrons. The van der Waals surface area contributed by atoms with Crippen molar-refractivity contribution in [3.63, 3.8) is 0 Å². The van der Waals surface area contributed by atoms with E-state index >= 15 is 0 Å². The second kappa shape index (κ2) is 3.68. The van der Waals surface area contributed by atoms with Gasteiger partial charge >= 0.3 is 0 Å². The lowest BCUT2D eigenvalue weighted by Gasteiger charge is -2.14. The first-order valence-electron chi connectivity index (χ1n) is 6.52. The predicted molar refractivity (Wildman–Crippen MR) is 74.0 cm³/mol. The van der Waals surface area contributed by atoms with Crippen molar-refractivity contribution in [1.29, 1.82) is 0 Å². The van der Waals surface area contributed by atoms with Crippen LogP contribution in [0.5, 0.6) is 0 Å². The summed E-state index contributed by atoms with van der Waals surface area (Å²) in [7, 11) is 0. The highest BCUT2D eigenvalue weighted by molar-refractivity contribution is 5.95. The summed E-state index contributed by atoms with van der Waals surface area (Å²) in [5, 5.41) is 0. The third kappa shape index (κ3) is 1.74. The highest BCUT2D eigenvalue weighted by Crippen LogP contribution is 2.67. The van der Waals surface area contributed by atoms with E-state index < -0.39 is 0 Å². The Kier molecular flexibility index (Phi) is 2.34. The predicted octanol–water partition coefficient (Wildman–Crippen LogP) is 4.02. The molecule has 0 radical (unpaired) electrons. The van der Waals surface area contributed by atoms with Gasteiger partial charge in [0.05, 0.1) is 0 Å². The molecular formula is C17H18O. The molecule has 2 aliphatic rings. The van der Waals surface area contributed by atoms with E-state index in [1.165, 1.54) is 11.1 Å². The minimum atomic E-state index is 0.0821. The topological polar surface area (TPSA) is 17.1 Å². The Labute approximate surface area is 108 Å². The molecular weight excluding hydrogens is 220 g/mol. The van der Waals surface area contributed by atoms with Crippen LogP contribution in [0, 0.1) is 10.8 Å². The van der Waals surface area contributed by atoms with E-state index in [9.17, 15) is 4.79 Å². The van der Waals surface area contributed by atoms with Crippen LogP contribution in [-0.2, 0) is 4.79 Å². The van der Waals surface area contributed by atoms with E-state index in [0.717, 1.165) is 6.42 Å². The molecule has 1 saturated carbocycles. The highest BCUT2D eigenvalue weighted by atomic mass is 16.1. The number of ketones is 1. The summed E-state index contributed by atoms with van der Waals surface area (Å²) in [5.74, 6) is 0.253. The molecule has 0 saturated heterocycles. The molecule has 1 aromatic rings. The van der Waals surface area contributed by atoms with Crippen molar-refractivity contribution in [2.24, 2.45) is 10.8 Å². The molecule has 2 aliphatic carbocycles. The molecule has 0 aliphatic heterocycles. The minimum Gasteiger partial charge on any atom is -0.295 e. The summed E-state index contributed by atoms with van der Waals surface area (Å²) in [6.45, 7) is 4.51. The van der Waals surface area contributed by atoms with Crippen LogP contribution < -0.4 is 0 Å². The van der Waals surface area contributed by atoms with Crippen molar-refractivity contribution < 1.29 is 4.79 Å². The lowest BCUT2D eigenvalue weighted by molar-refractivity contribution is -0.115. The van der Waals surface area contributed by atoms with E-state index in [1.54, 1.807) is 6.08 Å². The lowest BCUT2D eigenvalue weighted by atomic mass is 9.89. The Bertz CT molecular complexity index is 548. The Morgan fingerprint density at radius 2 is 1.72 bits per heavy atom. The first kappa shape index (κ1) is 11.5. The molecule has 1 unspecified atom stereocenters. The van der Waals surface area contributed by atoms with Crippen LogP contribution in [0.3, 0.4) is 0 Å². The largest absolute Gasteiger partial charge is 0.295 e. The Hall–Kier alpha value is -1.63. The molecule has 1 fully saturated rings. The summed E-state index contributed by atoms with van der Waals surface area (Å²) in [5.41, 5.74) is 2.73. The number of carbonyl (C=O) groups is 1. The van der Waals surface area contributed by atoms with E-state index in [-0.39, 0.29) is 16.6 Å². The fourth-order valence-electron chi connectivity index (χ4n) is 3.05. The number of allylic oxidation sites excluding steroid dienone is 4. The normalized spacial score (nSPS) is 29.0. The van der Waals surface area contributed by atoms with Gasteiger partial charge in [0.15, 0.2) is 5.78 Å². The fraction of sp³-hybridized carbons (Fsp3) is 0.353. The zero-order valence-corrected chi connectivity index (χ0v) is 10.9. The van der Waals surface area contributed by atoms with Gasteiger partial charge in [-0.05, 0) is 29.0 Å². The summed E-state index contributed by atoms with van der Waals surface area (Å²) in [4.78, 5) is 11.9. The molecule has 1 atom stereocenters. The molecule has 0 bridgehead atoms. The quantitative estimate of drug-likeness (QED) is 0.722. The maximum Gasteiger partial charge on any atom is 0.156 e. The maximum atomic E-state index is 11.9. The first-order valence-corrected chi connectivity index (χ1v) is 6.52. The van der Waals surface area contributed by atoms with Crippen LogP contribution in [0.15, 0.2) is 48.6 Å². The number of carbonyl (C=O) groups excluding carboxylic acids is 1. The summed E-state index contributed by atoms with van der Waals surface area (Å²) >= 11 is 0. The highest BCUT2D eigenvalue weighted by Gasteiger charge is 2.60. The molecule has 1 aromatic carbocycles. The van der Waals surface area contributed by atoms with Gasteiger partial charge in [0.1, 0.15) is 0 Å². The molecule has 0 heterocycles. The smallest absolute Gasteiger partial charge is 0.156 e. The van der Waals surface area contributed by atoms with Gasteiger partial charge in [0, 0.05) is 11.8 Å². The monoisotopic (exact) mass is 238 g/mol. The van der Waals surface area contributed by atoms with Gasteiger partial charge in [-0.3, -0.25) is 4.79 Å². The van der Waals surface area contributed by atoms with Crippen LogP contribution in [0.25, 0.3) is 5.57 Å². The average molecular weight is 238 g/mol. The molecule has 0 N–H and O–H groups in total. The lowest BCUT2D eigenvalue weighted by Crippen LogP contribution is -2.10. The molecule has 0 aromatic heterocycles. The van der Waals surface area contributed by atoms with Crippen LogP contribution in [0.4, 0.5) is 0 Å². The van der Waals surface area contributed by atoms with Crippen molar-refractivity contribution >= 4 is 11.4 Å². The fourth-order valence-corrected chi connectivity index (χ4v) is 3.05. The third-order valence-corrected chi connectivity index (χ3v) is 4.46. The third-order valence-electron chi connectivity index (χ3n) is 4.46. The van der Waals surface area contributed by atoms with Gasteiger partial charge in [0.25, 0.3) is 0 Å². The van der Waals surface area contributed by atoms with Gasteiger partial charge in [-0.25, -0.2) is 0 Å². The number of rotatable bonds is 1. The van der Waals surface area contributed by atoms with Gasteiger partial charge in [0.2, 0.25) is 0 Å². The maximum absolute atomic E-state index is 11.9. The van der Waals surface area contributed by atoms with Gasteiger partial charge in [-0.1, -0.05) is 56.3 Å². The van der Waals surface area contributed by atoms with Crippen molar-refractivity contribution in [2.45, 2.75) is 26.7 Å². The van der Waals surface area contributed by atoms with Gasteiger partial charge in [-0.2, -0.15) is 0 Å². The van der Waals surface area contributed by atoms with Crippen LogP contribution >= 0.6 is 0 Å². The summed E-state index contributed by atoms with van der Waals surface area (Å²) in [6, 6.07) is 10.3. The number of benzene rings is 1. The van der Waals surface area contributed by atoms with E-state index in [1.807, 2.05) is 24.3 Å². The standard InChI is InChI=1S/C17H18O/c1-16(2)12-17(16)10-14(8-9-15(18)11-17)13-6-4-3-5-7-13/h3-10H,11-12H2,1-2H3. The minimum absolute atomic E-state index is 0.0821. The van der Waals surface area contributed by atoms with E-state index in [0.29, 0.717) is 6.42 Å². The number of hydrogen-bond acceptors (Lipinski definition) is 1. The summed E-state index contributed by atoms with van der Waals surface area (Å²) in [6.07, 6.45) is 7.81. The van der Waals surface area contributed by atoms with E-state index in [4.69, 9.17) is 0 Å².